The maximum absolute atomic E-state index is 12.3. The van der Waals surface area contributed by atoms with Crippen molar-refractivity contribution in [2.75, 3.05) is 19.7 Å². The van der Waals surface area contributed by atoms with Crippen molar-refractivity contribution < 1.29 is 39.0 Å². The highest BCUT2D eigenvalue weighted by molar-refractivity contribution is 5.94. The lowest BCUT2D eigenvalue weighted by Gasteiger charge is -2.21. The van der Waals surface area contributed by atoms with E-state index in [9.17, 15) is 28.8 Å². The second kappa shape index (κ2) is 15.5. The Morgan fingerprint density at radius 1 is 0.875 bits per heavy atom. The number of rotatable bonds is 16. The number of aliphatic hydroxyl groups is 1. The van der Waals surface area contributed by atoms with Crippen molar-refractivity contribution in [3.05, 3.63) is 0 Å². The van der Waals surface area contributed by atoms with Gasteiger partial charge < -0.3 is 42.9 Å². The number of nitrogens with one attached hydrogen (secondary N) is 4. The number of hydrogen-bond donors (Lipinski definition) is 8. The van der Waals surface area contributed by atoms with Crippen molar-refractivity contribution in [3.63, 3.8) is 0 Å². The number of carboxylic acid groups (broad SMARTS) is 1. The molecular weight excluding hydrogens is 428 g/mol. The van der Waals surface area contributed by atoms with Gasteiger partial charge in [-0.05, 0) is 32.2 Å². The van der Waals surface area contributed by atoms with Gasteiger partial charge >= 0.3 is 5.97 Å². The van der Waals surface area contributed by atoms with Crippen molar-refractivity contribution in [2.45, 2.75) is 57.2 Å². The Bertz CT molecular complexity index is 686. The molecular formula is C18H32N6O8. The highest BCUT2D eigenvalue weighted by Gasteiger charge is 2.26. The lowest BCUT2D eigenvalue weighted by atomic mass is 10.1. The fraction of sp³-hybridized carbons (Fsp3) is 0.667. The van der Waals surface area contributed by atoms with E-state index in [2.05, 4.69) is 21.3 Å². The van der Waals surface area contributed by atoms with Gasteiger partial charge in [-0.2, -0.15) is 0 Å². The minimum atomic E-state index is -1.42. The Morgan fingerprint density at radius 2 is 1.50 bits per heavy atom. The van der Waals surface area contributed by atoms with Crippen LogP contribution in [0.25, 0.3) is 0 Å². The number of hydrogen-bond acceptors (Lipinski definition) is 8. The van der Waals surface area contributed by atoms with Gasteiger partial charge in [0, 0.05) is 13.3 Å². The predicted octanol–water partition coefficient (Wildman–Crippen LogP) is -3.95. The van der Waals surface area contributed by atoms with Gasteiger partial charge in [0.15, 0.2) is 0 Å². The van der Waals surface area contributed by atoms with E-state index in [0.29, 0.717) is 25.8 Å². The number of carbonyl (C=O) groups excluding carboxylic acids is 5. The Kier molecular flexibility index (Phi) is 13.9. The molecule has 0 aliphatic rings. The van der Waals surface area contributed by atoms with Crippen LogP contribution in [0.3, 0.4) is 0 Å². The number of amides is 5. The molecule has 0 spiro atoms. The van der Waals surface area contributed by atoms with Crippen molar-refractivity contribution in [2.24, 2.45) is 11.5 Å². The Hall–Kier alpha value is -3.26. The minimum Gasteiger partial charge on any atom is -0.481 e. The van der Waals surface area contributed by atoms with Crippen LogP contribution >= 0.6 is 0 Å². The van der Waals surface area contributed by atoms with E-state index < -0.39 is 73.2 Å². The van der Waals surface area contributed by atoms with Gasteiger partial charge in [-0.1, -0.05) is 0 Å². The van der Waals surface area contributed by atoms with E-state index in [1.54, 1.807) is 0 Å². The summed E-state index contributed by atoms with van der Waals surface area (Å²) in [7, 11) is 0. The van der Waals surface area contributed by atoms with E-state index in [4.69, 9.17) is 21.7 Å². The summed E-state index contributed by atoms with van der Waals surface area (Å²) in [5, 5.41) is 27.1. The maximum atomic E-state index is 12.3. The molecule has 0 aromatic carbocycles. The zero-order valence-electron chi connectivity index (χ0n) is 17.9. The summed E-state index contributed by atoms with van der Waals surface area (Å²) in [6.07, 6.45) is 0.737. The summed E-state index contributed by atoms with van der Waals surface area (Å²) in [6, 6.07) is -3.66. The van der Waals surface area contributed by atoms with Gasteiger partial charge in [0.05, 0.1) is 13.2 Å². The first-order valence-electron chi connectivity index (χ1n) is 9.98. The number of aliphatic carboxylic acids is 1. The zero-order chi connectivity index (χ0) is 24.7. The molecule has 0 radical (unpaired) electrons. The molecule has 0 fully saturated rings. The molecule has 10 N–H and O–H groups in total. The Balaban J connectivity index is 4.98. The molecule has 0 saturated carbocycles. The van der Waals surface area contributed by atoms with Crippen LogP contribution in [0, 0.1) is 0 Å². The summed E-state index contributed by atoms with van der Waals surface area (Å²) in [5.41, 5.74) is 10.4. The maximum Gasteiger partial charge on any atom is 0.303 e. The number of primary amides is 1. The molecule has 14 nitrogen and oxygen atoms in total. The molecule has 0 bridgehead atoms. The highest BCUT2D eigenvalue weighted by atomic mass is 16.4. The van der Waals surface area contributed by atoms with Crippen molar-refractivity contribution in [1.29, 1.82) is 0 Å². The number of carbonyl (C=O) groups is 6. The molecule has 3 atom stereocenters. The van der Waals surface area contributed by atoms with Crippen LogP contribution in [-0.2, 0) is 28.8 Å². The van der Waals surface area contributed by atoms with Gasteiger partial charge in [0.2, 0.25) is 29.5 Å². The van der Waals surface area contributed by atoms with Crippen molar-refractivity contribution >= 4 is 35.5 Å². The lowest BCUT2D eigenvalue weighted by Crippen LogP contribution is -2.55. The van der Waals surface area contributed by atoms with Crippen LogP contribution in [0.2, 0.25) is 0 Å². The fourth-order valence-electron chi connectivity index (χ4n) is 2.56. The van der Waals surface area contributed by atoms with E-state index in [1.807, 2.05) is 0 Å². The van der Waals surface area contributed by atoms with Crippen LogP contribution in [0.15, 0.2) is 0 Å². The largest absolute Gasteiger partial charge is 0.481 e. The molecule has 0 saturated heterocycles. The fourth-order valence-corrected chi connectivity index (χ4v) is 2.56. The average Bonchev–Trinajstić information content (AvgIpc) is 2.71. The molecule has 0 heterocycles. The lowest BCUT2D eigenvalue weighted by molar-refractivity contribution is -0.138. The van der Waals surface area contributed by atoms with Crippen molar-refractivity contribution in [1.82, 2.24) is 21.3 Å². The van der Waals surface area contributed by atoms with Crippen molar-refractivity contribution in [3.8, 4) is 0 Å². The third-order valence-corrected chi connectivity index (χ3v) is 4.21. The first-order valence-corrected chi connectivity index (χ1v) is 9.98. The Morgan fingerprint density at radius 3 is 2.00 bits per heavy atom. The average molecular weight is 460 g/mol. The van der Waals surface area contributed by atoms with E-state index >= 15 is 0 Å². The molecule has 0 aliphatic heterocycles. The van der Waals surface area contributed by atoms with E-state index in [1.165, 1.54) is 6.92 Å². The first kappa shape index (κ1) is 28.7. The van der Waals surface area contributed by atoms with E-state index in [0.717, 1.165) is 0 Å². The number of aliphatic hydroxyl groups excluding tert-OH is 1. The molecule has 182 valence electrons. The molecule has 32 heavy (non-hydrogen) atoms. The first-order chi connectivity index (χ1) is 15.0. The van der Waals surface area contributed by atoms with Crippen LogP contribution < -0.4 is 32.7 Å². The van der Waals surface area contributed by atoms with Gasteiger partial charge in [0.1, 0.15) is 18.1 Å². The van der Waals surface area contributed by atoms with Crippen LogP contribution in [-0.4, -0.2) is 83.5 Å². The highest BCUT2D eigenvalue weighted by Crippen LogP contribution is 2.02. The second-order valence-corrected chi connectivity index (χ2v) is 6.95. The molecule has 14 heteroatoms. The van der Waals surface area contributed by atoms with Gasteiger partial charge in [0.25, 0.3) is 0 Å². The smallest absolute Gasteiger partial charge is 0.303 e. The van der Waals surface area contributed by atoms with Crippen LogP contribution in [0.1, 0.15) is 39.0 Å². The normalized spacial score (nSPS) is 13.2. The zero-order valence-corrected chi connectivity index (χ0v) is 17.9. The molecule has 0 unspecified atom stereocenters. The topological polar surface area (TPSA) is 243 Å². The molecule has 0 rings (SSSR count). The van der Waals surface area contributed by atoms with Gasteiger partial charge in [-0.25, -0.2) is 0 Å². The SMILES string of the molecule is CC(=O)N[C@@H](CCCCN)C(=O)NCC(=O)N[C@@H](CCC(=O)O)C(=O)N[C@@H](CO)C(N)=O. The third-order valence-electron chi connectivity index (χ3n) is 4.21. The summed E-state index contributed by atoms with van der Waals surface area (Å²) < 4.78 is 0. The van der Waals surface area contributed by atoms with Crippen LogP contribution in [0.4, 0.5) is 0 Å². The number of nitrogens with two attached hydrogens (primary N) is 2. The van der Waals surface area contributed by atoms with E-state index in [-0.39, 0.29) is 6.42 Å². The summed E-state index contributed by atoms with van der Waals surface area (Å²) >= 11 is 0. The monoisotopic (exact) mass is 460 g/mol. The van der Waals surface area contributed by atoms with Crippen LogP contribution in [0.5, 0.6) is 0 Å². The van der Waals surface area contributed by atoms with Gasteiger partial charge in [-0.3, -0.25) is 28.8 Å². The minimum absolute atomic E-state index is 0.309. The summed E-state index contributed by atoms with van der Waals surface area (Å²) in [4.78, 5) is 70.1. The summed E-state index contributed by atoms with van der Waals surface area (Å²) in [6.45, 7) is 0.324. The molecule has 5 amide bonds. The number of carboxylic acids is 1. The standard InChI is InChI=1S/C18H32N6O8/c1-10(26)22-11(4-2-3-7-19)17(31)21-8-14(27)23-12(5-6-15(28)29)18(32)24-13(9-25)16(20)30/h11-13,25H,2-9,19H2,1H3,(H2,20,30)(H,21,31)(H,22,26)(H,23,27)(H,24,32)(H,28,29)/t11-,12-,13-/m0/s1. The van der Waals surface area contributed by atoms with Gasteiger partial charge in [-0.15, -0.1) is 0 Å². The Labute approximate surface area is 184 Å². The second-order valence-electron chi connectivity index (χ2n) is 6.95. The quantitative estimate of drug-likeness (QED) is 0.105. The third kappa shape index (κ3) is 12.4. The molecule has 0 aromatic rings. The number of unbranched alkanes of at least 4 members (excludes halogenated alkanes) is 1. The molecule has 0 aromatic heterocycles. The molecule has 0 aliphatic carbocycles. The predicted molar refractivity (Wildman–Crippen MR) is 111 cm³/mol. The summed E-state index contributed by atoms with van der Waals surface area (Å²) in [5.74, 6) is -5.04.